The Morgan fingerprint density at radius 1 is 1.35 bits per heavy atom. The first-order chi connectivity index (χ1) is 9.30. The standard InChI is InChI=1S/C13H24N2O4S/c1-5-8-14-9-11-6-7-12(19-11)20(16,17)15-10-13(2,3)18-4/h6-7,14-15H,5,8-10H2,1-4H3. The lowest BCUT2D eigenvalue weighted by atomic mass is 10.1. The number of hydrogen-bond acceptors (Lipinski definition) is 5. The van der Waals surface area contributed by atoms with E-state index in [0.717, 1.165) is 13.0 Å². The summed E-state index contributed by atoms with van der Waals surface area (Å²) in [6, 6.07) is 3.13. The molecule has 0 bridgehead atoms. The van der Waals surface area contributed by atoms with Gasteiger partial charge in [-0.25, -0.2) is 13.1 Å². The van der Waals surface area contributed by atoms with Gasteiger partial charge in [0.25, 0.3) is 10.0 Å². The van der Waals surface area contributed by atoms with Gasteiger partial charge < -0.3 is 14.5 Å². The molecule has 1 rings (SSSR count). The van der Waals surface area contributed by atoms with Crippen molar-refractivity contribution in [3.8, 4) is 0 Å². The lowest BCUT2D eigenvalue weighted by Crippen LogP contribution is -2.39. The Hall–Kier alpha value is -0.890. The summed E-state index contributed by atoms with van der Waals surface area (Å²) in [6.07, 6.45) is 1.01. The molecule has 0 aliphatic carbocycles. The molecule has 0 aliphatic rings. The van der Waals surface area contributed by atoms with Crippen LogP contribution in [0.4, 0.5) is 0 Å². The lowest BCUT2D eigenvalue weighted by Gasteiger charge is -2.22. The highest BCUT2D eigenvalue weighted by Gasteiger charge is 2.24. The molecule has 0 unspecified atom stereocenters. The van der Waals surface area contributed by atoms with E-state index in [0.29, 0.717) is 12.3 Å². The minimum Gasteiger partial charge on any atom is -0.447 e. The molecule has 0 aromatic carbocycles. The van der Waals surface area contributed by atoms with Gasteiger partial charge in [-0.15, -0.1) is 0 Å². The molecule has 0 radical (unpaired) electrons. The van der Waals surface area contributed by atoms with E-state index >= 15 is 0 Å². The highest BCUT2D eigenvalue weighted by Crippen LogP contribution is 2.15. The molecule has 20 heavy (non-hydrogen) atoms. The van der Waals surface area contributed by atoms with Gasteiger partial charge in [-0.3, -0.25) is 0 Å². The monoisotopic (exact) mass is 304 g/mol. The van der Waals surface area contributed by atoms with Gasteiger partial charge in [-0.1, -0.05) is 6.92 Å². The molecule has 6 nitrogen and oxygen atoms in total. The number of methoxy groups -OCH3 is 1. The van der Waals surface area contributed by atoms with Crippen LogP contribution in [0.25, 0.3) is 0 Å². The summed E-state index contributed by atoms with van der Waals surface area (Å²) < 4.78 is 37.1. The van der Waals surface area contributed by atoms with Crippen LogP contribution < -0.4 is 10.0 Å². The van der Waals surface area contributed by atoms with Crippen LogP contribution in [0.2, 0.25) is 0 Å². The van der Waals surface area contributed by atoms with Crippen molar-refractivity contribution in [1.29, 1.82) is 0 Å². The Bertz CT molecular complexity index is 508. The van der Waals surface area contributed by atoms with E-state index in [1.54, 1.807) is 27.0 Å². The zero-order valence-electron chi connectivity index (χ0n) is 12.5. The predicted molar refractivity (Wildman–Crippen MR) is 77.0 cm³/mol. The molecule has 0 aliphatic heterocycles. The average Bonchev–Trinajstić information content (AvgIpc) is 2.87. The molecule has 1 aromatic rings. The van der Waals surface area contributed by atoms with Crippen LogP contribution in [0.1, 0.15) is 33.0 Å². The third kappa shape index (κ3) is 5.24. The summed E-state index contributed by atoms with van der Waals surface area (Å²) in [6.45, 7) is 7.23. The molecule has 0 spiro atoms. The van der Waals surface area contributed by atoms with Crippen LogP contribution in [-0.4, -0.2) is 34.2 Å². The second-order valence-electron chi connectivity index (χ2n) is 5.19. The molecule has 7 heteroatoms. The van der Waals surface area contributed by atoms with Crippen molar-refractivity contribution in [1.82, 2.24) is 10.0 Å². The van der Waals surface area contributed by atoms with Gasteiger partial charge in [0, 0.05) is 13.7 Å². The van der Waals surface area contributed by atoms with E-state index in [9.17, 15) is 8.42 Å². The quantitative estimate of drug-likeness (QED) is 0.676. The minimum atomic E-state index is -3.64. The maximum Gasteiger partial charge on any atom is 0.274 e. The average molecular weight is 304 g/mol. The molecule has 1 aromatic heterocycles. The molecule has 2 N–H and O–H groups in total. The first-order valence-electron chi connectivity index (χ1n) is 6.65. The Labute approximate surface area is 120 Å². The fourth-order valence-corrected chi connectivity index (χ4v) is 2.54. The van der Waals surface area contributed by atoms with E-state index in [1.807, 2.05) is 0 Å². The summed E-state index contributed by atoms with van der Waals surface area (Å²) in [5, 5.41) is 3.08. The number of rotatable bonds is 9. The third-order valence-corrected chi connectivity index (χ3v) is 4.14. The largest absolute Gasteiger partial charge is 0.447 e. The predicted octanol–water partition coefficient (Wildman–Crippen LogP) is 1.48. The molecular weight excluding hydrogens is 280 g/mol. The second-order valence-corrected chi connectivity index (χ2v) is 6.88. The number of hydrogen-bond donors (Lipinski definition) is 2. The van der Waals surface area contributed by atoms with E-state index in [4.69, 9.17) is 9.15 Å². The van der Waals surface area contributed by atoms with E-state index in [1.165, 1.54) is 6.07 Å². The molecule has 1 heterocycles. The van der Waals surface area contributed by atoms with Crippen molar-refractivity contribution >= 4 is 10.0 Å². The van der Waals surface area contributed by atoms with Gasteiger partial charge in [-0.05, 0) is 38.9 Å². The summed E-state index contributed by atoms with van der Waals surface area (Å²) in [5.74, 6) is 0.602. The summed E-state index contributed by atoms with van der Waals surface area (Å²) in [7, 11) is -2.10. The van der Waals surface area contributed by atoms with Crippen molar-refractivity contribution in [2.75, 3.05) is 20.2 Å². The molecule has 0 saturated heterocycles. The van der Waals surface area contributed by atoms with Gasteiger partial charge in [0.2, 0.25) is 5.09 Å². The van der Waals surface area contributed by atoms with E-state index in [2.05, 4.69) is 17.0 Å². The Balaban J connectivity index is 2.64. The van der Waals surface area contributed by atoms with Crippen LogP contribution in [-0.2, 0) is 21.3 Å². The maximum absolute atomic E-state index is 12.1. The normalized spacial score (nSPS) is 12.8. The highest BCUT2D eigenvalue weighted by atomic mass is 32.2. The topological polar surface area (TPSA) is 80.6 Å². The first-order valence-corrected chi connectivity index (χ1v) is 8.13. The second kappa shape index (κ2) is 7.21. The van der Waals surface area contributed by atoms with Crippen molar-refractivity contribution in [3.05, 3.63) is 17.9 Å². The first kappa shape index (κ1) is 17.2. The molecule has 0 fully saturated rings. The Morgan fingerprint density at radius 2 is 2.05 bits per heavy atom. The van der Waals surface area contributed by atoms with E-state index in [-0.39, 0.29) is 11.6 Å². The number of ether oxygens (including phenoxy) is 1. The molecule has 0 saturated carbocycles. The van der Waals surface area contributed by atoms with Gasteiger partial charge >= 0.3 is 0 Å². The van der Waals surface area contributed by atoms with Crippen LogP contribution in [0, 0.1) is 0 Å². The van der Waals surface area contributed by atoms with Crippen molar-refractivity contribution in [2.45, 2.75) is 44.4 Å². The minimum absolute atomic E-state index is 0.0716. The SMILES string of the molecule is CCCNCc1ccc(S(=O)(=O)NCC(C)(C)OC)o1. The van der Waals surface area contributed by atoms with E-state index < -0.39 is 15.6 Å². The van der Waals surface area contributed by atoms with Gasteiger partial charge in [-0.2, -0.15) is 0 Å². The third-order valence-electron chi connectivity index (χ3n) is 2.87. The number of furan rings is 1. The van der Waals surface area contributed by atoms with Crippen molar-refractivity contribution < 1.29 is 17.6 Å². The Kier molecular flexibility index (Phi) is 6.19. The molecule has 116 valence electrons. The number of nitrogens with one attached hydrogen (secondary N) is 2. The van der Waals surface area contributed by atoms with Gasteiger partial charge in [0.15, 0.2) is 0 Å². The molecule has 0 atom stereocenters. The van der Waals surface area contributed by atoms with Crippen LogP contribution in [0.3, 0.4) is 0 Å². The molecular formula is C13H24N2O4S. The summed E-state index contributed by atoms with van der Waals surface area (Å²) >= 11 is 0. The fourth-order valence-electron chi connectivity index (χ4n) is 1.40. The van der Waals surface area contributed by atoms with Crippen LogP contribution >= 0.6 is 0 Å². The summed E-state index contributed by atoms with van der Waals surface area (Å²) in [5.41, 5.74) is -0.564. The zero-order chi connectivity index (χ0) is 15.2. The fraction of sp³-hybridized carbons (Fsp3) is 0.692. The Morgan fingerprint density at radius 3 is 2.65 bits per heavy atom. The molecule has 0 amide bonds. The lowest BCUT2D eigenvalue weighted by molar-refractivity contribution is 0.0275. The van der Waals surface area contributed by atoms with Crippen molar-refractivity contribution in [2.24, 2.45) is 0 Å². The van der Waals surface area contributed by atoms with Gasteiger partial charge in [0.1, 0.15) is 5.76 Å². The smallest absolute Gasteiger partial charge is 0.274 e. The summed E-state index contributed by atoms with van der Waals surface area (Å²) in [4.78, 5) is 0. The van der Waals surface area contributed by atoms with Gasteiger partial charge in [0.05, 0.1) is 12.1 Å². The zero-order valence-corrected chi connectivity index (χ0v) is 13.3. The number of sulfonamides is 1. The maximum atomic E-state index is 12.1. The van der Waals surface area contributed by atoms with Crippen molar-refractivity contribution in [3.63, 3.8) is 0 Å². The van der Waals surface area contributed by atoms with Crippen LogP contribution in [0.15, 0.2) is 21.6 Å². The van der Waals surface area contributed by atoms with Crippen LogP contribution in [0.5, 0.6) is 0 Å². The highest BCUT2D eigenvalue weighted by molar-refractivity contribution is 7.89.